The van der Waals surface area contributed by atoms with E-state index in [0.717, 1.165) is 0 Å². The third kappa shape index (κ3) is 4.96. The van der Waals surface area contributed by atoms with E-state index in [0.29, 0.717) is 0 Å². The van der Waals surface area contributed by atoms with Gasteiger partial charge in [-0.3, -0.25) is 0 Å². The van der Waals surface area contributed by atoms with Gasteiger partial charge in [-0.15, -0.1) is 0 Å². The lowest BCUT2D eigenvalue weighted by Gasteiger charge is -2.22. The molecule has 16 rings (SSSR count). The van der Waals surface area contributed by atoms with Crippen LogP contribution >= 0.6 is 0 Å². The third-order valence-electron chi connectivity index (χ3n) is 17.4. The lowest BCUT2D eigenvalue weighted by Crippen LogP contribution is -2.12. The highest BCUT2D eigenvalue weighted by molar-refractivity contribution is 6.54. The van der Waals surface area contributed by atoms with Crippen LogP contribution in [0.5, 0.6) is 0 Å². The first-order valence-electron chi connectivity index (χ1n) is 25.5. The van der Waals surface area contributed by atoms with Gasteiger partial charge in [-0.1, -0.05) is 197 Å². The van der Waals surface area contributed by atoms with Gasteiger partial charge in [0.05, 0.1) is 0 Å². The normalized spacial score (nSPS) is 13.6. The molecule has 0 bridgehead atoms. The summed E-state index contributed by atoms with van der Waals surface area (Å²) in [4.78, 5) is 0. The van der Waals surface area contributed by atoms with Gasteiger partial charge in [-0.2, -0.15) is 0 Å². The van der Waals surface area contributed by atoms with Crippen molar-refractivity contribution in [2.24, 2.45) is 0 Å². The Labute approximate surface area is 413 Å². The molecule has 0 saturated heterocycles. The SMILES string of the molecule is C.CC(C)(C)c1ccc2c(c1)=c1ccc3c4ccc5c6c(ccc(c7ccc=2c1c73)c46)c1c(-c2ccccc2)c2cc3c4cc(C(C)(C)C)cc6cc(C(C)(C)C)cc(c64)c3c3c4ccccc4c(c51)c23. The zero-order valence-corrected chi connectivity index (χ0v) is 41.4. The molecular weight excluding hydrogens is 853 g/mol. The van der Waals surface area contributed by atoms with Crippen molar-refractivity contribution in [2.75, 3.05) is 0 Å². The van der Waals surface area contributed by atoms with E-state index in [1.54, 1.807) is 0 Å². The summed E-state index contributed by atoms with van der Waals surface area (Å²) in [7, 11) is 0. The van der Waals surface area contributed by atoms with Crippen molar-refractivity contribution in [1.29, 1.82) is 0 Å². The van der Waals surface area contributed by atoms with Gasteiger partial charge in [0.15, 0.2) is 0 Å². The number of fused-ring (bicyclic) bond motifs is 14. The van der Waals surface area contributed by atoms with Gasteiger partial charge in [0, 0.05) is 0 Å². The molecule has 0 aliphatic heterocycles. The molecule has 71 heavy (non-hydrogen) atoms. The van der Waals surface area contributed by atoms with Crippen molar-refractivity contribution in [1.82, 2.24) is 0 Å². The molecule has 15 aromatic carbocycles. The van der Waals surface area contributed by atoms with E-state index in [4.69, 9.17) is 0 Å². The van der Waals surface area contributed by atoms with E-state index >= 15 is 0 Å². The molecule has 0 N–H and O–H groups in total. The molecule has 0 amide bonds. The Morgan fingerprint density at radius 2 is 0.662 bits per heavy atom. The molecule has 1 aliphatic rings. The maximum Gasteiger partial charge on any atom is -0.000674 e. The second-order valence-corrected chi connectivity index (χ2v) is 24.3. The van der Waals surface area contributed by atoms with Crippen LogP contribution in [-0.4, -0.2) is 0 Å². The number of hydrogen-bond acceptors (Lipinski definition) is 0. The van der Waals surface area contributed by atoms with Crippen molar-refractivity contribution in [3.8, 4) is 11.1 Å². The second kappa shape index (κ2) is 13.0. The minimum Gasteiger partial charge on any atom is -0.0776 e. The predicted octanol–water partition coefficient (Wildman–Crippen LogP) is 20.4. The van der Waals surface area contributed by atoms with Crippen LogP contribution in [0.2, 0.25) is 0 Å². The van der Waals surface area contributed by atoms with Gasteiger partial charge in [0.2, 0.25) is 0 Å². The minimum atomic E-state index is -0.00833. The van der Waals surface area contributed by atoms with Crippen molar-refractivity contribution in [3.63, 3.8) is 0 Å². The fourth-order valence-corrected chi connectivity index (χ4v) is 14.1. The molecule has 0 unspecified atom stereocenters. The summed E-state index contributed by atoms with van der Waals surface area (Å²) in [5, 5.41) is 38.5. The van der Waals surface area contributed by atoms with Crippen LogP contribution in [0.4, 0.5) is 0 Å². The first-order chi connectivity index (χ1) is 33.6. The average molecular weight is 909 g/mol. The Balaban J connectivity index is 0.00000452. The number of rotatable bonds is 1. The summed E-state index contributed by atoms with van der Waals surface area (Å²) in [6.45, 7) is 21.2. The predicted molar refractivity (Wildman–Crippen MR) is 311 cm³/mol. The molecule has 0 aromatic heterocycles. The van der Waals surface area contributed by atoms with Crippen molar-refractivity contribution in [3.05, 3.63) is 189 Å². The molecule has 0 atom stereocenters. The van der Waals surface area contributed by atoms with E-state index < -0.39 is 0 Å². The summed E-state index contributed by atoms with van der Waals surface area (Å²) < 4.78 is 0. The standard InChI is InChI=1S/C70H52.CH4/c1-68(2,3)37-19-20-40-43-21-22-44-46-25-27-49-61-50(28-26-47(60(46)61)45-23-24-48(51(40)31-37)58(43)59(44)45)66-64-42-18-14-13-17-41(42)63-62-53(34-55(67(63)64)57(65(49)66)35-15-11-10-12-16-35)52-32-38(69(4,5)6)29-36-30-39(70(7,8)9)33-54(62)56(36)52;/h10-34H,1-9H3;1H4. The van der Waals surface area contributed by atoms with Gasteiger partial charge in [0.1, 0.15) is 0 Å². The molecule has 1 aliphatic carbocycles. The Kier molecular flexibility index (Phi) is 7.58. The Morgan fingerprint density at radius 1 is 0.239 bits per heavy atom. The Bertz CT molecular complexity index is 5040. The highest BCUT2D eigenvalue weighted by atomic mass is 14.3. The summed E-state index contributed by atoms with van der Waals surface area (Å²) in [5.41, 5.74) is 6.84. The molecule has 0 fully saturated rings. The maximum atomic E-state index is 2.63. The highest BCUT2D eigenvalue weighted by Gasteiger charge is 2.31. The monoisotopic (exact) mass is 908 g/mol. The summed E-state index contributed by atoms with van der Waals surface area (Å²) in [6.07, 6.45) is 0. The van der Waals surface area contributed by atoms with Gasteiger partial charge in [0.25, 0.3) is 0 Å². The quantitative estimate of drug-likeness (QED) is 0.114. The fraction of sp³-hybridized carbons (Fsp3) is 0.183. The molecule has 340 valence electrons. The first-order valence-corrected chi connectivity index (χ1v) is 25.5. The smallest absolute Gasteiger partial charge is 0.000674 e. The summed E-state index contributed by atoms with van der Waals surface area (Å²) in [6, 6.07) is 60.3. The lowest BCUT2D eigenvalue weighted by atomic mass is 9.82. The van der Waals surface area contributed by atoms with Crippen LogP contribution in [0.1, 0.15) is 86.4 Å². The van der Waals surface area contributed by atoms with Gasteiger partial charge in [-0.25, -0.2) is 0 Å². The van der Waals surface area contributed by atoms with E-state index in [1.165, 1.54) is 178 Å². The topological polar surface area (TPSA) is 0 Å². The van der Waals surface area contributed by atoms with Gasteiger partial charge < -0.3 is 0 Å². The summed E-state index contributed by atoms with van der Waals surface area (Å²) in [5.74, 6) is 0. The molecule has 0 nitrogen and oxygen atoms in total. The van der Waals surface area contributed by atoms with Gasteiger partial charge in [-0.05, 0) is 218 Å². The van der Waals surface area contributed by atoms with Gasteiger partial charge >= 0.3 is 0 Å². The molecule has 0 saturated carbocycles. The lowest BCUT2D eigenvalue weighted by molar-refractivity contribution is 0.589. The van der Waals surface area contributed by atoms with Crippen LogP contribution < -0.4 is 0 Å². The van der Waals surface area contributed by atoms with Crippen LogP contribution in [0, 0.1) is 20.9 Å². The van der Waals surface area contributed by atoms with Crippen LogP contribution in [0.15, 0.2) is 152 Å². The minimum absolute atomic E-state index is 0. The van der Waals surface area contributed by atoms with Crippen molar-refractivity contribution >= 4 is 129 Å². The van der Waals surface area contributed by atoms with E-state index in [2.05, 4.69) is 214 Å². The zero-order chi connectivity index (χ0) is 47.2. The average Bonchev–Trinajstić information content (AvgIpc) is 4.07. The van der Waals surface area contributed by atoms with E-state index in [-0.39, 0.29) is 23.7 Å². The van der Waals surface area contributed by atoms with Crippen LogP contribution in [0.3, 0.4) is 0 Å². The van der Waals surface area contributed by atoms with Crippen molar-refractivity contribution < 1.29 is 0 Å². The third-order valence-corrected chi connectivity index (χ3v) is 17.4. The first kappa shape index (κ1) is 41.3. The number of benzene rings is 12. The molecule has 0 heteroatoms. The fourth-order valence-electron chi connectivity index (χ4n) is 14.1. The summed E-state index contributed by atoms with van der Waals surface area (Å²) >= 11 is 0. The second-order valence-electron chi connectivity index (χ2n) is 24.3. The molecule has 0 radical (unpaired) electrons. The zero-order valence-electron chi connectivity index (χ0n) is 41.4. The Hall–Kier alpha value is -7.54. The molecule has 15 aromatic rings. The maximum absolute atomic E-state index is 2.63. The Morgan fingerprint density at radius 3 is 1.28 bits per heavy atom. The van der Waals surface area contributed by atoms with Crippen LogP contribution in [-0.2, 0) is 16.2 Å². The van der Waals surface area contributed by atoms with Crippen molar-refractivity contribution in [2.45, 2.75) is 86.0 Å². The van der Waals surface area contributed by atoms with Crippen LogP contribution in [0.25, 0.3) is 140 Å². The largest absolute Gasteiger partial charge is 0.0776 e. The molecule has 0 heterocycles. The molecular formula is C71H56. The van der Waals surface area contributed by atoms with E-state index in [9.17, 15) is 0 Å². The van der Waals surface area contributed by atoms with E-state index in [1.807, 2.05) is 0 Å². The highest BCUT2D eigenvalue weighted by Crippen LogP contribution is 2.58. The molecule has 0 spiro atoms. The number of hydrogen-bond donors (Lipinski definition) is 0.